The molecular formula is C43H42IrN2-2. The normalized spacial score (nSPS) is 15.0. The summed E-state index contributed by atoms with van der Waals surface area (Å²) < 4.78 is 52.6. The van der Waals surface area contributed by atoms with Crippen molar-refractivity contribution < 1.29 is 29.7 Å². The molecule has 4 aromatic carbocycles. The first-order valence-corrected chi connectivity index (χ1v) is 15.0. The zero-order valence-electron chi connectivity index (χ0n) is 33.6. The summed E-state index contributed by atoms with van der Waals surface area (Å²) in [5.41, 5.74) is 9.05. The van der Waals surface area contributed by atoms with E-state index in [4.69, 9.17) is 9.60 Å². The molecule has 6 aromatic rings. The Bertz CT molecular complexity index is 2010. The Kier molecular flexibility index (Phi) is 8.97. The van der Waals surface area contributed by atoms with Gasteiger partial charge in [-0.25, -0.2) is 0 Å². The fourth-order valence-electron chi connectivity index (χ4n) is 4.91. The maximum absolute atomic E-state index is 8.98. The molecular weight excluding hydrogens is 737 g/mol. The molecule has 0 saturated heterocycles. The third kappa shape index (κ3) is 9.19. The average molecular weight is 786 g/mol. The number of aryl methyl sites for hydroxylation is 2. The van der Waals surface area contributed by atoms with Crippen molar-refractivity contribution in [3.63, 3.8) is 0 Å². The van der Waals surface area contributed by atoms with Crippen LogP contribution in [0.15, 0.2) is 128 Å². The summed E-state index contributed by atoms with van der Waals surface area (Å²) in [5.74, 6) is -0.721. The van der Waals surface area contributed by atoms with Crippen molar-refractivity contribution in [2.75, 3.05) is 0 Å². The molecule has 0 saturated carbocycles. The fourth-order valence-corrected chi connectivity index (χ4v) is 4.91. The van der Waals surface area contributed by atoms with E-state index < -0.39 is 19.6 Å². The fraction of sp³-hybridized carbons (Fsp3) is 0.209. The van der Waals surface area contributed by atoms with E-state index in [0.29, 0.717) is 11.3 Å². The number of hydrogen-bond donors (Lipinski definition) is 0. The van der Waals surface area contributed by atoms with Crippen LogP contribution in [0.2, 0.25) is 0 Å². The largest absolute Gasteiger partial charge is 0.305 e. The minimum Gasteiger partial charge on any atom is -0.305 e. The second kappa shape index (κ2) is 15.9. The topological polar surface area (TPSA) is 25.8 Å². The van der Waals surface area contributed by atoms with Crippen molar-refractivity contribution in [2.45, 2.75) is 53.7 Å². The standard InChI is InChI=1S/C30H30N.C13H12N.Ir/c1-22(30(2,3)4)25-17-18-31-29(21-25)26-15-16-28(24-13-9-6-10-14-24)27(20-26)19-23-11-7-5-8-12-23;1-10-3-6-12(7-4-10)13-8-5-11(2)9-14-13;/h5-14,16-18,20-22H,19H2,1-4H3;3-6,8-9H,1-2H3;/q2*-1;/i22D;1D3,2D3;. The van der Waals surface area contributed by atoms with Crippen molar-refractivity contribution in [1.82, 2.24) is 9.97 Å². The van der Waals surface area contributed by atoms with Gasteiger partial charge < -0.3 is 9.97 Å². The van der Waals surface area contributed by atoms with E-state index in [-0.39, 0.29) is 36.6 Å². The molecule has 6 rings (SSSR count). The van der Waals surface area contributed by atoms with Crippen LogP contribution in [-0.4, -0.2) is 9.97 Å². The van der Waals surface area contributed by atoms with Gasteiger partial charge in [-0.2, -0.15) is 0 Å². The van der Waals surface area contributed by atoms with Gasteiger partial charge in [0.15, 0.2) is 0 Å². The molecule has 0 aliphatic carbocycles. The molecule has 2 heterocycles. The van der Waals surface area contributed by atoms with Crippen LogP contribution in [-0.2, 0) is 26.5 Å². The summed E-state index contributed by atoms with van der Waals surface area (Å²) in [5, 5.41) is 0. The molecule has 46 heavy (non-hydrogen) atoms. The zero-order chi connectivity index (χ0) is 37.7. The van der Waals surface area contributed by atoms with Crippen molar-refractivity contribution in [1.29, 1.82) is 0 Å². The molecule has 0 aliphatic heterocycles. The Morgan fingerprint density at radius 1 is 0.739 bits per heavy atom. The molecule has 235 valence electrons. The van der Waals surface area contributed by atoms with Crippen LogP contribution in [0.25, 0.3) is 33.6 Å². The number of benzene rings is 4. The first-order valence-electron chi connectivity index (χ1n) is 18.5. The predicted octanol–water partition coefficient (Wildman–Crippen LogP) is 11.1. The summed E-state index contributed by atoms with van der Waals surface area (Å²) in [7, 11) is 0. The molecule has 1 radical (unpaired) electrons. The van der Waals surface area contributed by atoms with Gasteiger partial charge in [0.05, 0.1) is 0 Å². The monoisotopic (exact) mass is 786 g/mol. The zero-order valence-corrected chi connectivity index (χ0v) is 29.0. The van der Waals surface area contributed by atoms with E-state index >= 15 is 0 Å². The van der Waals surface area contributed by atoms with Crippen LogP contribution in [0.1, 0.15) is 71.0 Å². The van der Waals surface area contributed by atoms with Gasteiger partial charge in [-0.05, 0) is 53.2 Å². The maximum atomic E-state index is 8.98. The SMILES string of the molecule is [2H]C(C)(c1ccnc(-c2[c-]cc(-c3ccccc3)c(Cc3ccccc3)c2)c1)C(C)(C)C.[2H]C([2H])([2H])c1c[c-]c(-c2ccc(C([2H])([2H])[2H])cn2)cc1.[Ir]. The Labute approximate surface area is 299 Å². The summed E-state index contributed by atoms with van der Waals surface area (Å²) in [6.45, 7) is 3.97. The summed E-state index contributed by atoms with van der Waals surface area (Å²) in [6, 6.07) is 43.2. The summed E-state index contributed by atoms with van der Waals surface area (Å²) in [4.78, 5) is 8.72. The second-order valence-electron chi connectivity index (χ2n) is 12.0. The molecule has 0 N–H and O–H groups in total. The Morgan fingerprint density at radius 3 is 2.07 bits per heavy atom. The maximum Gasteiger partial charge on any atom is 0.0355 e. The van der Waals surface area contributed by atoms with Crippen molar-refractivity contribution in [3.8, 4) is 33.6 Å². The van der Waals surface area contributed by atoms with E-state index in [9.17, 15) is 0 Å². The molecule has 0 fully saturated rings. The minimum absolute atomic E-state index is 0. The van der Waals surface area contributed by atoms with Crippen LogP contribution < -0.4 is 0 Å². The van der Waals surface area contributed by atoms with Gasteiger partial charge in [0.25, 0.3) is 0 Å². The molecule has 0 amide bonds. The van der Waals surface area contributed by atoms with Gasteiger partial charge >= 0.3 is 0 Å². The van der Waals surface area contributed by atoms with Gasteiger partial charge in [-0.15, -0.1) is 64.7 Å². The number of nitrogens with zero attached hydrogens (tertiary/aromatic N) is 2. The molecule has 1 atom stereocenters. The van der Waals surface area contributed by atoms with E-state index in [2.05, 4.69) is 110 Å². The number of aromatic nitrogens is 2. The van der Waals surface area contributed by atoms with Gasteiger partial charge in [-0.1, -0.05) is 130 Å². The number of rotatable bonds is 6. The Balaban J connectivity index is 0.000000258. The molecule has 0 bridgehead atoms. The molecule has 0 aliphatic rings. The quantitative estimate of drug-likeness (QED) is 0.157. The minimum atomic E-state index is -2.18. The average Bonchev–Trinajstić information content (AvgIpc) is 3.12. The molecule has 2 aromatic heterocycles. The third-order valence-corrected chi connectivity index (χ3v) is 7.80. The van der Waals surface area contributed by atoms with Crippen molar-refractivity contribution in [2.24, 2.45) is 5.41 Å². The van der Waals surface area contributed by atoms with Crippen LogP contribution in [0.4, 0.5) is 0 Å². The summed E-state index contributed by atoms with van der Waals surface area (Å²) in [6.07, 6.45) is 3.96. The Morgan fingerprint density at radius 2 is 1.43 bits per heavy atom. The molecule has 1 unspecified atom stereocenters. The van der Waals surface area contributed by atoms with E-state index in [1.807, 2.05) is 31.3 Å². The van der Waals surface area contributed by atoms with E-state index in [0.717, 1.165) is 23.2 Å². The van der Waals surface area contributed by atoms with E-state index in [1.165, 1.54) is 46.6 Å². The van der Waals surface area contributed by atoms with Crippen molar-refractivity contribution >= 4 is 0 Å². The predicted molar refractivity (Wildman–Crippen MR) is 189 cm³/mol. The molecule has 2 nitrogen and oxygen atoms in total. The first kappa shape index (κ1) is 26.0. The number of pyridine rings is 2. The van der Waals surface area contributed by atoms with Crippen molar-refractivity contribution in [3.05, 3.63) is 168 Å². The van der Waals surface area contributed by atoms with Crippen LogP contribution in [0.3, 0.4) is 0 Å². The summed E-state index contributed by atoms with van der Waals surface area (Å²) >= 11 is 0. The number of hydrogen-bond acceptors (Lipinski definition) is 2. The molecule has 3 heteroatoms. The van der Waals surface area contributed by atoms with Gasteiger partial charge in [-0.3, -0.25) is 0 Å². The van der Waals surface area contributed by atoms with Gasteiger partial charge in [0, 0.05) is 42.1 Å². The van der Waals surface area contributed by atoms with Crippen LogP contribution >= 0.6 is 0 Å². The van der Waals surface area contributed by atoms with Crippen LogP contribution in [0, 0.1) is 31.3 Å². The van der Waals surface area contributed by atoms with Crippen LogP contribution in [0.5, 0.6) is 0 Å². The van der Waals surface area contributed by atoms with Gasteiger partial charge in [0.1, 0.15) is 0 Å². The first-order chi connectivity index (χ1) is 24.4. The van der Waals surface area contributed by atoms with Gasteiger partial charge in [0.2, 0.25) is 0 Å². The molecule has 0 spiro atoms. The Hall–Kier alpha value is -4.17. The third-order valence-electron chi connectivity index (χ3n) is 7.80. The smallest absolute Gasteiger partial charge is 0.0355 e. The second-order valence-corrected chi connectivity index (χ2v) is 12.0. The van der Waals surface area contributed by atoms with E-state index in [1.54, 1.807) is 12.1 Å².